The first-order chi connectivity index (χ1) is 10.6. The number of piperidine rings is 1. The van der Waals surface area contributed by atoms with Gasteiger partial charge in [-0.2, -0.15) is 0 Å². The third kappa shape index (κ3) is 2.33. The molecule has 2 N–H and O–H groups in total. The highest BCUT2D eigenvalue weighted by molar-refractivity contribution is 5.80. The Labute approximate surface area is 128 Å². The van der Waals surface area contributed by atoms with Gasteiger partial charge in [-0.05, 0) is 0 Å². The Morgan fingerprint density at radius 3 is 2.68 bits per heavy atom. The Hall–Kier alpha value is -2.09. The van der Waals surface area contributed by atoms with Crippen LogP contribution in [0, 0.1) is 0 Å². The summed E-state index contributed by atoms with van der Waals surface area (Å²) in [5.74, 6) is 0.719. The van der Waals surface area contributed by atoms with Crippen LogP contribution in [0.15, 0.2) is 12.4 Å². The lowest BCUT2D eigenvalue weighted by atomic mass is 9.88. The first-order valence-electron chi connectivity index (χ1n) is 7.47. The molecule has 0 aliphatic carbocycles. The number of hydrogen-bond acceptors (Lipinski definition) is 4. The maximum atomic E-state index is 12.0. The van der Waals surface area contributed by atoms with Crippen LogP contribution in [0.2, 0.25) is 0 Å². The van der Waals surface area contributed by atoms with Crippen LogP contribution in [0.5, 0.6) is 0 Å². The number of imidazole rings is 1. The molecule has 8 heteroatoms. The summed E-state index contributed by atoms with van der Waals surface area (Å²) < 4.78 is 8.15. The molecule has 0 aromatic carbocycles. The number of carbonyl (C=O) groups excluding carboxylic acids is 2. The van der Waals surface area contributed by atoms with E-state index < -0.39 is 11.7 Å². The van der Waals surface area contributed by atoms with Crippen LogP contribution in [0.4, 0.5) is 4.79 Å². The first-order valence-corrected chi connectivity index (χ1v) is 7.47. The minimum Gasteiger partial charge on any atom is -0.357 e. The molecule has 1 saturated heterocycles. The number of carbonyl (C=O) groups is 2. The van der Waals surface area contributed by atoms with Gasteiger partial charge in [-0.3, -0.25) is 4.79 Å². The summed E-state index contributed by atoms with van der Waals surface area (Å²) in [7, 11) is 3.23. The van der Waals surface area contributed by atoms with E-state index in [1.165, 1.54) is 0 Å². The lowest BCUT2D eigenvalue weighted by Crippen LogP contribution is -2.55. The molecule has 2 aliphatic rings. The van der Waals surface area contributed by atoms with Crippen LogP contribution in [0.1, 0.15) is 18.7 Å². The van der Waals surface area contributed by atoms with Crippen molar-refractivity contribution in [2.45, 2.75) is 31.1 Å². The number of urea groups is 1. The average Bonchev–Trinajstić information content (AvgIpc) is 3.03. The highest BCUT2D eigenvalue weighted by Crippen LogP contribution is 2.40. The van der Waals surface area contributed by atoms with E-state index in [4.69, 9.17) is 4.74 Å². The molecular formula is C14H21N5O3. The molecule has 0 saturated carbocycles. The number of fused-ring (bicyclic) bond motifs is 2. The third-order valence-electron chi connectivity index (χ3n) is 4.46. The summed E-state index contributed by atoms with van der Waals surface area (Å²) in [4.78, 5) is 29.9. The fraction of sp³-hybridized carbons (Fsp3) is 0.643. The maximum Gasteiger partial charge on any atom is 0.317 e. The number of ether oxygens (including phenoxy) is 1. The molecule has 3 heterocycles. The number of nitrogens with one attached hydrogen (secondary N) is 2. The fourth-order valence-electron chi connectivity index (χ4n) is 3.26. The molecule has 1 aromatic heterocycles. The van der Waals surface area contributed by atoms with E-state index >= 15 is 0 Å². The lowest BCUT2D eigenvalue weighted by Gasteiger charge is -2.45. The highest BCUT2D eigenvalue weighted by atomic mass is 16.5. The largest absolute Gasteiger partial charge is 0.357 e. The molecule has 3 rings (SSSR count). The molecule has 3 amide bonds. The van der Waals surface area contributed by atoms with Crippen molar-refractivity contribution >= 4 is 11.9 Å². The predicted molar refractivity (Wildman–Crippen MR) is 78.1 cm³/mol. The standard InChI is InChI=1S/C14H21N5O3/c1-15-11(20)10-9-19-8-5-17-12(19)14(22-10)3-6-18(7-4-14)13(21)16-2/h5,8,10H,3-4,6-7,9H2,1-2H3,(H,15,20)(H,16,21)/t10-/m0/s1. The first kappa shape index (κ1) is 14.8. The van der Waals surface area contributed by atoms with E-state index in [1.807, 2.05) is 10.8 Å². The number of nitrogens with zero attached hydrogens (tertiary/aromatic N) is 3. The monoisotopic (exact) mass is 307 g/mol. The van der Waals surface area contributed by atoms with E-state index in [1.54, 1.807) is 25.2 Å². The molecule has 1 spiro atoms. The molecule has 1 atom stereocenters. The van der Waals surface area contributed by atoms with Gasteiger partial charge in [0.05, 0.1) is 6.54 Å². The summed E-state index contributed by atoms with van der Waals surface area (Å²) >= 11 is 0. The van der Waals surface area contributed by atoms with Gasteiger partial charge >= 0.3 is 6.03 Å². The van der Waals surface area contributed by atoms with Crippen molar-refractivity contribution in [1.82, 2.24) is 25.1 Å². The SMILES string of the molecule is CNC(=O)[C@@H]1Cn2ccnc2C2(CCN(C(=O)NC)CC2)O1. The van der Waals surface area contributed by atoms with Gasteiger partial charge < -0.3 is 24.8 Å². The zero-order chi connectivity index (χ0) is 15.7. The van der Waals surface area contributed by atoms with Gasteiger partial charge in [0.15, 0.2) is 6.10 Å². The van der Waals surface area contributed by atoms with Gasteiger partial charge in [0.25, 0.3) is 5.91 Å². The highest BCUT2D eigenvalue weighted by Gasteiger charge is 2.47. The number of rotatable bonds is 1. The molecule has 120 valence electrons. The molecule has 0 bridgehead atoms. The summed E-state index contributed by atoms with van der Waals surface area (Å²) in [6.45, 7) is 1.62. The van der Waals surface area contributed by atoms with Crippen molar-refractivity contribution in [1.29, 1.82) is 0 Å². The molecule has 2 aliphatic heterocycles. The van der Waals surface area contributed by atoms with Crippen molar-refractivity contribution in [2.75, 3.05) is 27.2 Å². The minimum atomic E-state index is -0.594. The van der Waals surface area contributed by atoms with Crippen LogP contribution in [-0.4, -0.2) is 59.7 Å². The molecule has 0 radical (unpaired) electrons. The topological polar surface area (TPSA) is 88.5 Å². The van der Waals surface area contributed by atoms with Gasteiger partial charge in [-0.15, -0.1) is 0 Å². The number of likely N-dealkylation sites (tertiary alicyclic amines) is 1. The lowest BCUT2D eigenvalue weighted by molar-refractivity contribution is -0.171. The summed E-state index contributed by atoms with van der Waals surface area (Å²) in [6.07, 6.45) is 4.34. The van der Waals surface area contributed by atoms with Crippen molar-refractivity contribution in [3.05, 3.63) is 18.2 Å². The Kier molecular flexibility index (Phi) is 3.78. The smallest absolute Gasteiger partial charge is 0.317 e. The molecule has 22 heavy (non-hydrogen) atoms. The molecule has 1 fully saturated rings. The minimum absolute atomic E-state index is 0.0862. The van der Waals surface area contributed by atoms with Crippen LogP contribution in [-0.2, 0) is 21.7 Å². The van der Waals surface area contributed by atoms with Gasteiger partial charge in [-0.1, -0.05) is 0 Å². The second-order valence-electron chi connectivity index (χ2n) is 5.66. The van der Waals surface area contributed by atoms with E-state index in [9.17, 15) is 9.59 Å². The quantitative estimate of drug-likeness (QED) is 0.743. The second kappa shape index (κ2) is 5.60. The Morgan fingerprint density at radius 1 is 1.32 bits per heavy atom. The number of aromatic nitrogens is 2. The Bertz CT molecular complexity index is 577. The third-order valence-corrected chi connectivity index (χ3v) is 4.46. The van der Waals surface area contributed by atoms with Crippen LogP contribution in [0.25, 0.3) is 0 Å². The van der Waals surface area contributed by atoms with Crippen molar-refractivity contribution in [2.24, 2.45) is 0 Å². The Morgan fingerprint density at radius 2 is 2.05 bits per heavy atom. The van der Waals surface area contributed by atoms with Crippen LogP contribution < -0.4 is 10.6 Å². The van der Waals surface area contributed by atoms with Crippen molar-refractivity contribution in [3.63, 3.8) is 0 Å². The summed E-state index contributed by atoms with van der Waals surface area (Å²) in [6, 6.07) is -0.0862. The zero-order valence-electron chi connectivity index (χ0n) is 12.8. The molecule has 0 unspecified atom stereocenters. The molecular weight excluding hydrogens is 286 g/mol. The second-order valence-corrected chi connectivity index (χ2v) is 5.66. The van der Waals surface area contributed by atoms with Gasteiger partial charge in [-0.25, -0.2) is 9.78 Å². The Balaban J connectivity index is 1.84. The van der Waals surface area contributed by atoms with E-state index in [2.05, 4.69) is 15.6 Å². The number of hydrogen-bond donors (Lipinski definition) is 2. The van der Waals surface area contributed by atoms with Gasteiger partial charge in [0.1, 0.15) is 11.4 Å². The number of likely N-dealkylation sites (N-methyl/N-ethyl adjacent to an activating group) is 1. The zero-order valence-corrected chi connectivity index (χ0v) is 12.8. The van der Waals surface area contributed by atoms with E-state index in [0.717, 1.165) is 5.82 Å². The van der Waals surface area contributed by atoms with Gasteiger partial charge in [0, 0.05) is 52.4 Å². The summed E-state index contributed by atoms with van der Waals surface area (Å²) in [5.41, 5.74) is -0.594. The predicted octanol–water partition coefficient (Wildman–Crippen LogP) is -0.342. The van der Waals surface area contributed by atoms with Crippen LogP contribution in [0.3, 0.4) is 0 Å². The van der Waals surface area contributed by atoms with Crippen molar-refractivity contribution in [3.8, 4) is 0 Å². The summed E-state index contributed by atoms with van der Waals surface area (Å²) in [5, 5.41) is 5.28. The van der Waals surface area contributed by atoms with Crippen molar-refractivity contribution < 1.29 is 14.3 Å². The molecule has 1 aromatic rings. The normalized spacial score (nSPS) is 23.0. The van der Waals surface area contributed by atoms with E-state index in [-0.39, 0.29) is 11.9 Å². The molecule has 8 nitrogen and oxygen atoms in total. The van der Waals surface area contributed by atoms with Crippen LogP contribution >= 0.6 is 0 Å². The average molecular weight is 307 g/mol. The van der Waals surface area contributed by atoms with Gasteiger partial charge in [0.2, 0.25) is 0 Å². The maximum absolute atomic E-state index is 12.0. The number of amides is 3. The van der Waals surface area contributed by atoms with E-state index in [0.29, 0.717) is 32.5 Å². The fourth-order valence-corrected chi connectivity index (χ4v) is 3.26.